The van der Waals surface area contributed by atoms with E-state index in [2.05, 4.69) is 10.6 Å². The van der Waals surface area contributed by atoms with Crippen molar-refractivity contribution in [1.82, 2.24) is 5.32 Å². The molecule has 0 heterocycles. The predicted molar refractivity (Wildman–Crippen MR) is 113 cm³/mol. The van der Waals surface area contributed by atoms with Crippen LogP contribution in [0.15, 0.2) is 42.5 Å². The fourth-order valence-electron chi connectivity index (χ4n) is 2.66. The summed E-state index contributed by atoms with van der Waals surface area (Å²) in [6.07, 6.45) is -0.384. The lowest BCUT2D eigenvalue weighted by Gasteiger charge is -2.15. The third kappa shape index (κ3) is 7.56. The van der Waals surface area contributed by atoms with Crippen molar-refractivity contribution in [3.05, 3.63) is 59.2 Å². The molecular formula is C22H29N3O4. The molecule has 0 radical (unpaired) electrons. The number of carbonyl (C=O) groups excluding carboxylic acids is 2. The molecule has 0 spiro atoms. The van der Waals surface area contributed by atoms with Crippen LogP contribution in [0.5, 0.6) is 5.75 Å². The van der Waals surface area contributed by atoms with Gasteiger partial charge in [-0.1, -0.05) is 26.0 Å². The number of nitrogens with two attached hydrogens (primary N) is 1. The van der Waals surface area contributed by atoms with Crippen molar-refractivity contribution in [1.29, 1.82) is 0 Å². The minimum absolute atomic E-state index is 0.163. The zero-order valence-electron chi connectivity index (χ0n) is 17.1. The summed E-state index contributed by atoms with van der Waals surface area (Å²) in [4.78, 5) is 23.5. The molecule has 0 aliphatic carbocycles. The highest BCUT2D eigenvalue weighted by atomic mass is 16.5. The van der Waals surface area contributed by atoms with Crippen LogP contribution in [-0.4, -0.2) is 42.2 Å². The molecule has 7 nitrogen and oxygen atoms in total. The van der Waals surface area contributed by atoms with Crippen molar-refractivity contribution in [3.8, 4) is 5.75 Å². The molecule has 0 saturated carbocycles. The molecule has 2 rings (SSSR count). The highest BCUT2D eigenvalue weighted by Gasteiger charge is 2.09. The number of anilines is 1. The van der Waals surface area contributed by atoms with E-state index in [1.807, 2.05) is 26.0 Å². The van der Waals surface area contributed by atoms with Crippen LogP contribution in [0.1, 0.15) is 35.3 Å². The second kappa shape index (κ2) is 10.6. The number of benzene rings is 2. The quantitative estimate of drug-likeness (QED) is 0.488. The van der Waals surface area contributed by atoms with Gasteiger partial charge in [-0.15, -0.1) is 0 Å². The molecule has 156 valence electrons. The predicted octanol–water partition coefficient (Wildman–Crippen LogP) is 2.01. The van der Waals surface area contributed by atoms with Gasteiger partial charge in [-0.2, -0.15) is 0 Å². The van der Waals surface area contributed by atoms with E-state index >= 15 is 0 Å². The summed E-state index contributed by atoms with van der Waals surface area (Å²) in [6, 6.07) is 12.4. The molecule has 29 heavy (non-hydrogen) atoms. The Morgan fingerprint density at radius 1 is 1.14 bits per heavy atom. The van der Waals surface area contributed by atoms with Gasteiger partial charge in [-0.25, -0.2) is 0 Å². The van der Waals surface area contributed by atoms with Crippen molar-refractivity contribution < 1.29 is 19.4 Å². The highest BCUT2D eigenvalue weighted by Crippen LogP contribution is 2.18. The van der Waals surface area contributed by atoms with Gasteiger partial charge in [0.25, 0.3) is 0 Å². The monoisotopic (exact) mass is 399 g/mol. The lowest BCUT2D eigenvalue weighted by atomic mass is 10.1. The number of aliphatic hydroxyl groups excluding tert-OH is 1. The summed E-state index contributed by atoms with van der Waals surface area (Å²) in [7, 11) is 0. The Morgan fingerprint density at radius 2 is 1.83 bits per heavy atom. The lowest BCUT2D eigenvalue weighted by molar-refractivity contribution is -0.115. The molecular weight excluding hydrogens is 370 g/mol. The Labute approximate surface area is 171 Å². The number of rotatable bonds is 10. The maximum Gasteiger partial charge on any atom is 0.248 e. The van der Waals surface area contributed by atoms with Crippen LogP contribution in [-0.2, 0) is 11.2 Å². The van der Waals surface area contributed by atoms with Gasteiger partial charge < -0.3 is 26.2 Å². The van der Waals surface area contributed by atoms with E-state index in [1.165, 1.54) is 0 Å². The molecule has 2 aromatic carbocycles. The number of hydrogen-bond donors (Lipinski definition) is 4. The first-order chi connectivity index (χ1) is 13.7. The Morgan fingerprint density at radius 3 is 2.41 bits per heavy atom. The SMILES string of the molecule is Cc1cc(C(N)=O)ccc1NC(=O)Cc1ccc(OCC(O)CNC(C)C)cc1. The number of aryl methyl sites for hydroxylation is 1. The van der Waals surface area contributed by atoms with Crippen LogP contribution in [0.4, 0.5) is 5.69 Å². The van der Waals surface area contributed by atoms with Gasteiger partial charge in [0.05, 0.1) is 6.42 Å². The molecule has 0 bridgehead atoms. The van der Waals surface area contributed by atoms with Crippen molar-refractivity contribution in [2.75, 3.05) is 18.5 Å². The molecule has 2 aromatic rings. The van der Waals surface area contributed by atoms with Crippen molar-refractivity contribution in [3.63, 3.8) is 0 Å². The van der Waals surface area contributed by atoms with Gasteiger partial charge in [0.2, 0.25) is 11.8 Å². The van der Waals surface area contributed by atoms with Gasteiger partial charge >= 0.3 is 0 Å². The fourth-order valence-corrected chi connectivity index (χ4v) is 2.66. The molecule has 0 aliphatic rings. The Bertz CT molecular complexity index is 834. The maximum absolute atomic E-state index is 12.3. The van der Waals surface area contributed by atoms with Crippen LogP contribution in [0.2, 0.25) is 0 Å². The number of nitrogens with one attached hydrogen (secondary N) is 2. The first kappa shape index (κ1) is 22.4. The van der Waals surface area contributed by atoms with E-state index in [-0.39, 0.29) is 18.9 Å². The summed E-state index contributed by atoms with van der Waals surface area (Å²) in [5.41, 5.74) is 7.91. The highest BCUT2D eigenvalue weighted by molar-refractivity contribution is 5.96. The number of hydrogen-bond acceptors (Lipinski definition) is 5. The largest absolute Gasteiger partial charge is 0.491 e. The van der Waals surface area contributed by atoms with Gasteiger partial charge in [0.15, 0.2) is 0 Å². The summed E-state index contributed by atoms with van der Waals surface area (Å²) >= 11 is 0. The minimum Gasteiger partial charge on any atom is -0.491 e. The van der Waals surface area contributed by atoms with Crippen molar-refractivity contribution in [2.24, 2.45) is 5.73 Å². The zero-order chi connectivity index (χ0) is 21.4. The Kier molecular flexibility index (Phi) is 8.18. The summed E-state index contributed by atoms with van der Waals surface area (Å²) in [5, 5.41) is 15.9. The van der Waals surface area contributed by atoms with Crippen LogP contribution in [0, 0.1) is 6.92 Å². The average molecular weight is 399 g/mol. The standard InChI is InChI=1S/C22H29N3O4/c1-14(2)24-12-18(26)13-29-19-7-4-16(5-8-19)11-21(27)25-20-9-6-17(22(23)28)10-15(20)3/h4-10,14,18,24,26H,11-13H2,1-3H3,(H2,23,28)(H,25,27). The van der Waals surface area contributed by atoms with E-state index < -0.39 is 12.0 Å². The van der Waals surface area contributed by atoms with Gasteiger partial charge in [0, 0.05) is 23.8 Å². The smallest absolute Gasteiger partial charge is 0.248 e. The Balaban J connectivity index is 1.84. The molecule has 2 amide bonds. The van der Waals surface area contributed by atoms with Crippen molar-refractivity contribution in [2.45, 2.75) is 39.3 Å². The topological polar surface area (TPSA) is 114 Å². The fraction of sp³-hybridized carbons (Fsp3) is 0.364. The molecule has 0 aromatic heterocycles. The number of amides is 2. The third-order valence-electron chi connectivity index (χ3n) is 4.28. The number of aliphatic hydroxyl groups is 1. The maximum atomic E-state index is 12.3. The van der Waals surface area contributed by atoms with Gasteiger partial charge in [0.1, 0.15) is 18.5 Å². The molecule has 1 atom stereocenters. The molecule has 0 fully saturated rings. The molecule has 5 N–H and O–H groups in total. The molecule has 0 aliphatic heterocycles. The first-order valence-corrected chi connectivity index (χ1v) is 9.58. The second-order valence-electron chi connectivity index (χ2n) is 7.29. The number of primary amides is 1. The minimum atomic E-state index is -0.591. The van der Waals surface area contributed by atoms with Gasteiger partial charge in [-0.05, 0) is 48.4 Å². The van der Waals surface area contributed by atoms with Crippen LogP contribution in [0.3, 0.4) is 0 Å². The third-order valence-corrected chi connectivity index (χ3v) is 4.28. The summed E-state index contributed by atoms with van der Waals surface area (Å²) in [5.74, 6) is -0.0311. The number of ether oxygens (including phenoxy) is 1. The summed E-state index contributed by atoms with van der Waals surface area (Å²) in [6.45, 7) is 6.49. The van der Waals surface area contributed by atoms with E-state index in [0.29, 0.717) is 29.6 Å². The zero-order valence-corrected chi connectivity index (χ0v) is 17.1. The normalized spacial score (nSPS) is 11.9. The number of carbonyl (C=O) groups is 2. The van der Waals surface area contributed by atoms with E-state index in [4.69, 9.17) is 10.5 Å². The van der Waals surface area contributed by atoms with Crippen LogP contribution in [0.25, 0.3) is 0 Å². The average Bonchev–Trinajstić information content (AvgIpc) is 2.67. The van der Waals surface area contributed by atoms with E-state index in [9.17, 15) is 14.7 Å². The first-order valence-electron chi connectivity index (χ1n) is 9.58. The van der Waals surface area contributed by atoms with E-state index in [1.54, 1.807) is 37.3 Å². The summed E-state index contributed by atoms with van der Waals surface area (Å²) < 4.78 is 5.57. The Hall–Kier alpha value is -2.90. The van der Waals surface area contributed by atoms with Crippen LogP contribution >= 0.6 is 0 Å². The van der Waals surface area contributed by atoms with E-state index in [0.717, 1.165) is 11.1 Å². The van der Waals surface area contributed by atoms with Crippen LogP contribution < -0.4 is 21.1 Å². The van der Waals surface area contributed by atoms with Crippen molar-refractivity contribution >= 4 is 17.5 Å². The molecule has 1 unspecified atom stereocenters. The molecule has 7 heteroatoms. The lowest BCUT2D eigenvalue weighted by Crippen LogP contribution is -2.35. The molecule has 0 saturated heterocycles. The second-order valence-corrected chi connectivity index (χ2v) is 7.29. The van der Waals surface area contributed by atoms with Gasteiger partial charge in [-0.3, -0.25) is 9.59 Å².